The molecule has 3 rings (SSSR count). The number of hydrogen-bond acceptors (Lipinski definition) is 3. The standard InChI is InChI=1S/C19H18N2O2S/c1-3-10-23-18(22)16-12(2)20-19(24)21-17(16)15-9-8-13-6-4-5-7-14(13)11-15/h3-9,11,17H,1,10H2,2H3,(H2,20,21,24)/t17-/m0/s1. The molecule has 0 bridgehead atoms. The van der Waals surface area contributed by atoms with Gasteiger partial charge in [0.2, 0.25) is 0 Å². The third-order valence-corrected chi connectivity index (χ3v) is 4.15. The Kier molecular flexibility index (Phi) is 4.62. The van der Waals surface area contributed by atoms with Gasteiger partial charge in [-0.2, -0.15) is 0 Å². The molecule has 1 aliphatic rings. The predicted octanol–water partition coefficient (Wildman–Crippen LogP) is 3.36. The molecule has 24 heavy (non-hydrogen) atoms. The van der Waals surface area contributed by atoms with Crippen molar-refractivity contribution in [2.24, 2.45) is 0 Å². The second-order valence-electron chi connectivity index (χ2n) is 5.56. The van der Waals surface area contributed by atoms with E-state index in [1.165, 1.54) is 0 Å². The Morgan fingerprint density at radius 2 is 2.04 bits per heavy atom. The summed E-state index contributed by atoms with van der Waals surface area (Å²) in [5, 5.41) is 8.92. The van der Waals surface area contributed by atoms with Gasteiger partial charge in [-0.1, -0.05) is 49.1 Å². The average Bonchev–Trinajstić information content (AvgIpc) is 2.58. The van der Waals surface area contributed by atoms with Crippen LogP contribution in [0.4, 0.5) is 0 Å². The second kappa shape index (κ2) is 6.84. The molecular weight excluding hydrogens is 320 g/mol. The molecule has 122 valence electrons. The first kappa shape index (κ1) is 16.2. The van der Waals surface area contributed by atoms with Gasteiger partial charge in [0.05, 0.1) is 11.6 Å². The molecule has 4 nitrogen and oxygen atoms in total. The first-order chi connectivity index (χ1) is 11.6. The first-order valence-electron chi connectivity index (χ1n) is 7.65. The minimum Gasteiger partial charge on any atom is -0.458 e. The Labute approximate surface area is 146 Å². The van der Waals surface area contributed by atoms with E-state index in [9.17, 15) is 4.79 Å². The van der Waals surface area contributed by atoms with Gasteiger partial charge in [-0.15, -0.1) is 0 Å². The highest BCUT2D eigenvalue weighted by Gasteiger charge is 2.30. The van der Waals surface area contributed by atoms with Crippen molar-refractivity contribution in [3.05, 3.63) is 72.0 Å². The molecule has 0 aromatic heterocycles. The van der Waals surface area contributed by atoms with Gasteiger partial charge in [0.1, 0.15) is 6.61 Å². The first-order valence-corrected chi connectivity index (χ1v) is 8.06. The third-order valence-electron chi connectivity index (χ3n) is 3.93. The van der Waals surface area contributed by atoms with Gasteiger partial charge >= 0.3 is 5.97 Å². The largest absolute Gasteiger partial charge is 0.458 e. The van der Waals surface area contributed by atoms with Crippen molar-refractivity contribution in [1.82, 2.24) is 10.6 Å². The maximum absolute atomic E-state index is 12.5. The SMILES string of the molecule is C=CCOC(=O)C1=C(C)NC(=S)N[C@H]1c1ccc2ccccc2c1. The molecule has 0 unspecified atom stereocenters. The molecule has 5 heteroatoms. The van der Waals surface area contributed by atoms with E-state index in [0.717, 1.165) is 16.3 Å². The van der Waals surface area contributed by atoms with E-state index in [-0.39, 0.29) is 18.6 Å². The van der Waals surface area contributed by atoms with Crippen LogP contribution < -0.4 is 10.6 Å². The van der Waals surface area contributed by atoms with Gasteiger partial charge in [0.25, 0.3) is 0 Å². The van der Waals surface area contributed by atoms with Crippen LogP contribution in [-0.2, 0) is 9.53 Å². The van der Waals surface area contributed by atoms with Crippen LogP contribution in [-0.4, -0.2) is 17.7 Å². The Balaban J connectivity index is 2.03. The quantitative estimate of drug-likeness (QED) is 0.509. The number of thiocarbonyl (C=S) groups is 1. The fourth-order valence-corrected chi connectivity index (χ4v) is 3.09. The summed E-state index contributed by atoms with van der Waals surface area (Å²) in [7, 11) is 0. The zero-order valence-electron chi connectivity index (χ0n) is 13.3. The molecule has 0 radical (unpaired) electrons. The number of nitrogens with one attached hydrogen (secondary N) is 2. The molecule has 2 aromatic rings. The number of ether oxygens (including phenoxy) is 1. The van der Waals surface area contributed by atoms with Crippen molar-refractivity contribution >= 4 is 34.1 Å². The van der Waals surface area contributed by atoms with Gasteiger partial charge < -0.3 is 15.4 Å². The molecule has 1 aliphatic heterocycles. The van der Waals surface area contributed by atoms with Crippen molar-refractivity contribution in [2.75, 3.05) is 6.61 Å². The van der Waals surface area contributed by atoms with Gasteiger partial charge in [-0.3, -0.25) is 0 Å². The molecule has 0 amide bonds. The summed E-state index contributed by atoms with van der Waals surface area (Å²) in [6, 6.07) is 13.9. The number of fused-ring (bicyclic) bond motifs is 1. The summed E-state index contributed by atoms with van der Waals surface area (Å²) in [6.45, 7) is 5.57. The summed E-state index contributed by atoms with van der Waals surface area (Å²) >= 11 is 5.26. The number of hydrogen-bond donors (Lipinski definition) is 2. The molecular formula is C19H18N2O2S. The highest BCUT2D eigenvalue weighted by molar-refractivity contribution is 7.80. The molecule has 0 saturated carbocycles. The van der Waals surface area contributed by atoms with Crippen molar-refractivity contribution in [2.45, 2.75) is 13.0 Å². The zero-order valence-corrected chi connectivity index (χ0v) is 14.2. The van der Waals surface area contributed by atoms with E-state index in [1.54, 1.807) is 6.08 Å². The van der Waals surface area contributed by atoms with E-state index >= 15 is 0 Å². The molecule has 0 saturated heterocycles. The van der Waals surface area contributed by atoms with Crippen LogP contribution in [0.25, 0.3) is 10.8 Å². The molecule has 2 aromatic carbocycles. The Morgan fingerprint density at radius 1 is 1.29 bits per heavy atom. The van der Waals surface area contributed by atoms with Gasteiger partial charge in [0, 0.05) is 5.70 Å². The molecule has 0 aliphatic carbocycles. The molecule has 0 fully saturated rings. The zero-order chi connectivity index (χ0) is 17.1. The fraction of sp³-hybridized carbons (Fsp3) is 0.158. The summed E-state index contributed by atoms with van der Waals surface area (Å²) < 4.78 is 5.24. The number of carbonyl (C=O) groups excluding carboxylic acids is 1. The number of esters is 1. The summed E-state index contributed by atoms with van der Waals surface area (Å²) in [5.41, 5.74) is 2.19. The highest BCUT2D eigenvalue weighted by Crippen LogP contribution is 2.29. The summed E-state index contributed by atoms with van der Waals surface area (Å²) in [5.74, 6) is -0.381. The molecule has 2 N–H and O–H groups in total. The fourth-order valence-electron chi connectivity index (χ4n) is 2.81. The van der Waals surface area contributed by atoms with Crippen LogP contribution in [0.2, 0.25) is 0 Å². The van der Waals surface area contributed by atoms with Gasteiger partial charge in [-0.05, 0) is 41.5 Å². The highest BCUT2D eigenvalue weighted by atomic mass is 32.1. The normalized spacial score (nSPS) is 17.2. The lowest BCUT2D eigenvalue weighted by atomic mass is 9.94. The Morgan fingerprint density at radius 3 is 2.79 bits per heavy atom. The van der Waals surface area contributed by atoms with Crippen LogP contribution in [0.1, 0.15) is 18.5 Å². The number of carbonyl (C=O) groups is 1. The maximum atomic E-state index is 12.5. The van der Waals surface area contributed by atoms with Crippen molar-refractivity contribution < 1.29 is 9.53 Å². The maximum Gasteiger partial charge on any atom is 0.338 e. The third kappa shape index (κ3) is 3.16. The smallest absolute Gasteiger partial charge is 0.338 e. The van der Waals surface area contributed by atoms with Crippen LogP contribution in [0, 0.1) is 0 Å². The van der Waals surface area contributed by atoms with Gasteiger partial charge in [0.15, 0.2) is 5.11 Å². The van der Waals surface area contributed by atoms with E-state index in [0.29, 0.717) is 16.4 Å². The second-order valence-corrected chi connectivity index (χ2v) is 5.97. The van der Waals surface area contributed by atoms with E-state index in [1.807, 2.05) is 37.3 Å². The number of allylic oxidation sites excluding steroid dienone is 1. The van der Waals surface area contributed by atoms with Crippen LogP contribution in [0.5, 0.6) is 0 Å². The predicted molar refractivity (Wildman–Crippen MR) is 99.4 cm³/mol. The minimum absolute atomic E-state index is 0.171. The average molecular weight is 338 g/mol. The lowest BCUT2D eigenvalue weighted by Crippen LogP contribution is -2.45. The lowest BCUT2D eigenvalue weighted by Gasteiger charge is -2.30. The molecule has 1 heterocycles. The van der Waals surface area contributed by atoms with Crippen LogP contribution in [0.3, 0.4) is 0 Å². The summed E-state index contributed by atoms with van der Waals surface area (Å²) in [6.07, 6.45) is 1.55. The van der Waals surface area contributed by atoms with Gasteiger partial charge in [-0.25, -0.2) is 4.79 Å². The topological polar surface area (TPSA) is 50.4 Å². The lowest BCUT2D eigenvalue weighted by molar-refractivity contribution is -0.138. The van der Waals surface area contributed by atoms with Crippen molar-refractivity contribution in [3.8, 4) is 0 Å². The van der Waals surface area contributed by atoms with Crippen molar-refractivity contribution in [3.63, 3.8) is 0 Å². The summed E-state index contributed by atoms with van der Waals surface area (Å²) in [4.78, 5) is 12.5. The monoisotopic (exact) mass is 338 g/mol. The number of rotatable bonds is 4. The van der Waals surface area contributed by atoms with Crippen LogP contribution in [0.15, 0.2) is 66.4 Å². The van der Waals surface area contributed by atoms with Crippen molar-refractivity contribution in [1.29, 1.82) is 0 Å². The van der Waals surface area contributed by atoms with Crippen LogP contribution >= 0.6 is 12.2 Å². The molecule has 1 atom stereocenters. The molecule has 0 spiro atoms. The number of benzene rings is 2. The Bertz CT molecular complexity index is 857. The minimum atomic E-state index is -0.381. The van der Waals surface area contributed by atoms with E-state index in [2.05, 4.69) is 29.3 Å². The Hall–Kier alpha value is -2.66. The van der Waals surface area contributed by atoms with E-state index in [4.69, 9.17) is 17.0 Å². The van der Waals surface area contributed by atoms with E-state index < -0.39 is 0 Å².